The van der Waals surface area contributed by atoms with E-state index in [1.807, 2.05) is 27.7 Å². The van der Waals surface area contributed by atoms with Crippen LogP contribution in [0, 0.1) is 11.3 Å². The van der Waals surface area contributed by atoms with Crippen molar-refractivity contribution in [3.8, 4) is 0 Å². The first kappa shape index (κ1) is 15.4. The first-order valence-corrected chi connectivity index (χ1v) is 5.63. The lowest BCUT2D eigenvalue weighted by Crippen LogP contribution is -2.28. The summed E-state index contributed by atoms with van der Waals surface area (Å²) in [6.45, 7) is 9.77. The molecule has 0 aromatic heterocycles. The smallest absolute Gasteiger partial charge is 0.309 e. The number of hydrogen-bond acceptors (Lipinski definition) is 4. The SMILES string of the molecule is COCCOCCOC(=O)C(C)C(C)(C)C. The van der Waals surface area contributed by atoms with Crippen LogP contribution in [-0.4, -0.2) is 39.5 Å². The summed E-state index contributed by atoms with van der Waals surface area (Å²) in [5.74, 6) is -0.269. The van der Waals surface area contributed by atoms with Gasteiger partial charge in [0, 0.05) is 7.11 Å². The van der Waals surface area contributed by atoms with E-state index in [4.69, 9.17) is 14.2 Å². The summed E-state index contributed by atoms with van der Waals surface area (Å²) < 4.78 is 15.1. The van der Waals surface area contributed by atoms with Gasteiger partial charge >= 0.3 is 5.97 Å². The Bertz CT molecular complexity index is 196. The third-order valence-electron chi connectivity index (χ3n) is 2.56. The Kier molecular flexibility index (Phi) is 7.34. The normalized spacial score (nSPS) is 13.6. The number of carbonyl (C=O) groups excluding carboxylic acids is 1. The molecule has 4 nitrogen and oxygen atoms in total. The lowest BCUT2D eigenvalue weighted by Gasteiger charge is -2.25. The number of esters is 1. The molecule has 0 rings (SSSR count). The minimum Gasteiger partial charge on any atom is -0.463 e. The molecule has 0 fully saturated rings. The van der Waals surface area contributed by atoms with Gasteiger partial charge in [-0.2, -0.15) is 0 Å². The van der Waals surface area contributed by atoms with E-state index in [0.29, 0.717) is 26.4 Å². The maximum Gasteiger partial charge on any atom is 0.309 e. The summed E-state index contributed by atoms with van der Waals surface area (Å²) in [7, 11) is 1.62. The molecule has 1 atom stereocenters. The zero-order valence-corrected chi connectivity index (χ0v) is 11.0. The predicted molar refractivity (Wildman–Crippen MR) is 62.3 cm³/mol. The molecular formula is C12H24O4. The summed E-state index contributed by atoms with van der Waals surface area (Å²) >= 11 is 0. The zero-order chi connectivity index (χ0) is 12.6. The molecule has 0 aliphatic carbocycles. The van der Waals surface area contributed by atoms with Gasteiger partial charge in [-0.3, -0.25) is 4.79 Å². The Morgan fingerprint density at radius 3 is 2.19 bits per heavy atom. The van der Waals surface area contributed by atoms with Crippen molar-refractivity contribution in [2.24, 2.45) is 11.3 Å². The summed E-state index contributed by atoms with van der Waals surface area (Å²) in [6, 6.07) is 0. The minimum absolute atomic E-state index is 0.0615. The van der Waals surface area contributed by atoms with E-state index in [9.17, 15) is 4.79 Å². The molecule has 0 saturated carbocycles. The Morgan fingerprint density at radius 2 is 1.69 bits per heavy atom. The lowest BCUT2D eigenvalue weighted by atomic mass is 9.82. The van der Waals surface area contributed by atoms with Gasteiger partial charge in [-0.1, -0.05) is 27.7 Å². The molecule has 0 aromatic rings. The molecule has 0 heterocycles. The molecule has 0 amide bonds. The van der Waals surface area contributed by atoms with Gasteiger partial charge in [0.2, 0.25) is 0 Å². The fraction of sp³-hybridized carbons (Fsp3) is 0.917. The highest BCUT2D eigenvalue weighted by Gasteiger charge is 2.27. The highest BCUT2D eigenvalue weighted by atomic mass is 16.6. The molecule has 0 saturated heterocycles. The summed E-state index contributed by atoms with van der Waals surface area (Å²) in [4.78, 5) is 11.6. The van der Waals surface area contributed by atoms with Crippen LogP contribution < -0.4 is 0 Å². The third kappa shape index (κ3) is 6.80. The lowest BCUT2D eigenvalue weighted by molar-refractivity contribution is -0.153. The van der Waals surface area contributed by atoms with Crippen molar-refractivity contribution in [3.63, 3.8) is 0 Å². The van der Waals surface area contributed by atoms with Crippen LogP contribution >= 0.6 is 0 Å². The van der Waals surface area contributed by atoms with Crippen molar-refractivity contribution >= 4 is 5.97 Å². The maximum atomic E-state index is 11.6. The zero-order valence-electron chi connectivity index (χ0n) is 11.0. The molecule has 0 radical (unpaired) electrons. The Hall–Kier alpha value is -0.610. The Labute approximate surface area is 98.3 Å². The monoisotopic (exact) mass is 232 g/mol. The van der Waals surface area contributed by atoms with Crippen LogP contribution in [0.25, 0.3) is 0 Å². The van der Waals surface area contributed by atoms with Gasteiger partial charge in [-0.25, -0.2) is 0 Å². The average molecular weight is 232 g/mol. The second-order valence-electron chi connectivity index (χ2n) is 4.86. The van der Waals surface area contributed by atoms with Crippen LogP contribution in [-0.2, 0) is 19.0 Å². The highest BCUT2D eigenvalue weighted by molar-refractivity contribution is 5.72. The van der Waals surface area contributed by atoms with Crippen LogP contribution in [0.3, 0.4) is 0 Å². The molecule has 0 spiro atoms. The van der Waals surface area contributed by atoms with Gasteiger partial charge < -0.3 is 14.2 Å². The third-order valence-corrected chi connectivity index (χ3v) is 2.56. The molecule has 1 unspecified atom stereocenters. The van der Waals surface area contributed by atoms with Crippen LogP contribution in [0.5, 0.6) is 0 Å². The van der Waals surface area contributed by atoms with E-state index in [0.717, 1.165) is 0 Å². The molecule has 96 valence electrons. The minimum atomic E-state index is -0.164. The maximum absolute atomic E-state index is 11.6. The van der Waals surface area contributed by atoms with Crippen LogP contribution in [0.1, 0.15) is 27.7 Å². The van der Waals surface area contributed by atoms with Crippen molar-refractivity contribution in [2.75, 3.05) is 33.5 Å². The second kappa shape index (κ2) is 7.63. The van der Waals surface area contributed by atoms with Crippen molar-refractivity contribution in [1.82, 2.24) is 0 Å². The van der Waals surface area contributed by atoms with Gasteiger partial charge in [0.05, 0.1) is 25.7 Å². The number of carbonyl (C=O) groups is 1. The quantitative estimate of drug-likeness (QED) is 0.496. The number of hydrogen-bond donors (Lipinski definition) is 0. The van der Waals surface area contributed by atoms with Crippen molar-refractivity contribution in [1.29, 1.82) is 0 Å². The standard InChI is InChI=1S/C12H24O4/c1-10(12(2,3)4)11(13)16-9-8-15-7-6-14-5/h10H,6-9H2,1-5H3. The first-order chi connectivity index (χ1) is 7.39. The van der Waals surface area contributed by atoms with Crippen molar-refractivity contribution in [3.05, 3.63) is 0 Å². The summed E-state index contributed by atoms with van der Waals surface area (Å²) in [5, 5.41) is 0. The number of rotatable bonds is 7. The van der Waals surface area contributed by atoms with Crippen molar-refractivity contribution < 1.29 is 19.0 Å². The van der Waals surface area contributed by atoms with E-state index in [1.54, 1.807) is 7.11 Å². The van der Waals surface area contributed by atoms with Gasteiger partial charge in [-0.15, -0.1) is 0 Å². The topological polar surface area (TPSA) is 44.8 Å². The van der Waals surface area contributed by atoms with E-state index in [1.165, 1.54) is 0 Å². The number of ether oxygens (including phenoxy) is 3. The molecule has 16 heavy (non-hydrogen) atoms. The highest BCUT2D eigenvalue weighted by Crippen LogP contribution is 2.26. The van der Waals surface area contributed by atoms with Gasteiger partial charge in [-0.05, 0) is 5.41 Å². The second-order valence-corrected chi connectivity index (χ2v) is 4.86. The van der Waals surface area contributed by atoms with E-state index >= 15 is 0 Å². The Balaban J connectivity index is 3.58. The van der Waals surface area contributed by atoms with E-state index < -0.39 is 0 Å². The molecule has 0 bridgehead atoms. The van der Waals surface area contributed by atoms with Gasteiger partial charge in [0.1, 0.15) is 6.61 Å². The molecule has 0 aliphatic heterocycles. The van der Waals surface area contributed by atoms with Gasteiger partial charge in [0.15, 0.2) is 0 Å². The van der Waals surface area contributed by atoms with Crippen LogP contribution in [0.15, 0.2) is 0 Å². The van der Waals surface area contributed by atoms with Crippen LogP contribution in [0.2, 0.25) is 0 Å². The van der Waals surface area contributed by atoms with Gasteiger partial charge in [0.25, 0.3) is 0 Å². The Morgan fingerprint density at radius 1 is 1.12 bits per heavy atom. The summed E-state index contributed by atoms with van der Waals surface area (Å²) in [5.41, 5.74) is -0.0615. The van der Waals surface area contributed by atoms with Crippen LogP contribution in [0.4, 0.5) is 0 Å². The summed E-state index contributed by atoms with van der Waals surface area (Å²) in [6.07, 6.45) is 0. The fourth-order valence-electron chi connectivity index (χ4n) is 0.924. The largest absolute Gasteiger partial charge is 0.463 e. The molecule has 4 heteroatoms. The fourth-order valence-corrected chi connectivity index (χ4v) is 0.924. The molecule has 0 aliphatic rings. The van der Waals surface area contributed by atoms with E-state index in [-0.39, 0.29) is 17.3 Å². The van der Waals surface area contributed by atoms with E-state index in [2.05, 4.69) is 0 Å². The predicted octanol–water partition coefficient (Wildman–Crippen LogP) is 1.87. The first-order valence-electron chi connectivity index (χ1n) is 5.63. The number of methoxy groups -OCH3 is 1. The molecule has 0 aromatic carbocycles. The molecule has 0 N–H and O–H groups in total. The molecular weight excluding hydrogens is 208 g/mol. The van der Waals surface area contributed by atoms with Crippen molar-refractivity contribution in [2.45, 2.75) is 27.7 Å². The average Bonchev–Trinajstić information content (AvgIpc) is 2.20.